The Kier molecular flexibility index (Phi) is 13.1. The van der Waals surface area contributed by atoms with Crippen LogP contribution in [0.1, 0.15) is 68.9 Å². The highest BCUT2D eigenvalue weighted by molar-refractivity contribution is 5.55. The lowest BCUT2D eigenvalue weighted by atomic mass is 9.93. The maximum atomic E-state index is 5.30. The molecule has 7 heteroatoms. The van der Waals surface area contributed by atoms with Crippen molar-refractivity contribution in [2.24, 2.45) is 0 Å². The average molecular weight is 640 g/mol. The summed E-state index contributed by atoms with van der Waals surface area (Å²) in [6, 6.07) is 26.5. The summed E-state index contributed by atoms with van der Waals surface area (Å²) in [5, 5.41) is 10.1. The number of fused-ring (bicyclic) bond motifs is 7. The van der Waals surface area contributed by atoms with Crippen LogP contribution in [0, 0.1) is 0 Å². The zero-order chi connectivity index (χ0) is 31.9. The van der Waals surface area contributed by atoms with Crippen LogP contribution < -0.4 is 25.4 Å². The van der Waals surface area contributed by atoms with E-state index in [1.807, 2.05) is 24.3 Å². The molecule has 8 aliphatic rings. The minimum atomic E-state index is 0.664. The van der Waals surface area contributed by atoms with Crippen LogP contribution in [0.4, 0.5) is 11.4 Å². The van der Waals surface area contributed by atoms with Crippen molar-refractivity contribution in [3.63, 3.8) is 0 Å². The fraction of sp³-hybridized carbons (Fsp3) is 0.550. The second kappa shape index (κ2) is 18.3. The molecular weight excluding hydrogens is 582 g/mol. The summed E-state index contributed by atoms with van der Waals surface area (Å²) in [6.45, 7) is 10.2. The molecule has 3 aromatic rings. The molecule has 7 nitrogen and oxygen atoms in total. The van der Waals surface area contributed by atoms with Crippen molar-refractivity contribution < 1.29 is 9.47 Å². The number of hydrogen-bond donors (Lipinski definition) is 3. The van der Waals surface area contributed by atoms with E-state index in [-0.39, 0.29) is 0 Å². The molecule has 0 aromatic heterocycles. The lowest BCUT2D eigenvalue weighted by Crippen LogP contribution is -2.54. The summed E-state index contributed by atoms with van der Waals surface area (Å²) in [5.41, 5.74) is 5.57. The first-order chi connectivity index (χ1) is 23.3. The molecule has 5 saturated heterocycles. The molecule has 0 aliphatic carbocycles. The van der Waals surface area contributed by atoms with Gasteiger partial charge in [-0.15, -0.1) is 0 Å². The molecule has 47 heavy (non-hydrogen) atoms. The van der Waals surface area contributed by atoms with Gasteiger partial charge in [0, 0.05) is 56.3 Å². The van der Waals surface area contributed by atoms with Gasteiger partial charge in [0.1, 0.15) is 13.2 Å². The molecule has 254 valence electrons. The number of benzene rings is 3. The molecule has 8 heterocycles. The van der Waals surface area contributed by atoms with Gasteiger partial charge >= 0.3 is 0 Å². The molecule has 0 unspecified atom stereocenters. The number of piperidine rings is 3. The Balaban J connectivity index is 0.000000103. The highest BCUT2D eigenvalue weighted by Gasteiger charge is 2.24. The van der Waals surface area contributed by atoms with Crippen LogP contribution in [0.15, 0.2) is 72.8 Å². The third-order valence-electron chi connectivity index (χ3n) is 10.3. The predicted octanol–water partition coefficient (Wildman–Crippen LogP) is 7.19. The third-order valence-corrected chi connectivity index (χ3v) is 10.3. The van der Waals surface area contributed by atoms with Crippen molar-refractivity contribution >= 4 is 11.4 Å². The van der Waals surface area contributed by atoms with Gasteiger partial charge in [-0.3, -0.25) is 4.90 Å². The molecule has 8 aliphatic heterocycles. The lowest BCUT2D eigenvalue weighted by molar-refractivity contribution is 0.109. The van der Waals surface area contributed by atoms with Crippen LogP contribution in [0.5, 0.6) is 11.5 Å². The Morgan fingerprint density at radius 2 is 1.13 bits per heavy atom. The molecule has 3 aromatic carbocycles. The van der Waals surface area contributed by atoms with Crippen LogP contribution >= 0.6 is 0 Å². The van der Waals surface area contributed by atoms with Gasteiger partial charge in [-0.1, -0.05) is 61.4 Å². The van der Waals surface area contributed by atoms with Crippen LogP contribution in [0.25, 0.3) is 0 Å². The Labute approximate surface area is 283 Å². The third kappa shape index (κ3) is 10.4. The largest absolute Gasteiger partial charge is 0.486 e. The molecule has 0 radical (unpaired) electrons. The average Bonchev–Trinajstić information content (AvgIpc) is 3.66. The smallest absolute Gasteiger partial charge is 0.161 e. The van der Waals surface area contributed by atoms with Crippen molar-refractivity contribution in [1.82, 2.24) is 15.1 Å². The molecule has 2 bridgehead atoms. The van der Waals surface area contributed by atoms with Gasteiger partial charge in [0.2, 0.25) is 0 Å². The van der Waals surface area contributed by atoms with E-state index in [2.05, 4.69) is 74.3 Å². The van der Waals surface area contributed by atoms with Gasteiger partial charge in [0.15, 0.2) is 11.5 Å². The van der Waals surface area contributed by atoms with E-state index >= 15 is 0 Å². The number of nitrogens with zero attached hydrogens (tertiary/aromatic N) is 2. The lowest BCUT2D eigenvalue weighted by Gasteiger charge is -2.39. The van der Waals surface area contributed by atoms with Gasteiger partial charge in [-0.25, -0.2) is 0 Å². The fourth-order valence-corrected chi connectivity index (χ4v) is 7.58. The van der Waals surface area contributed by atoms with Crippen molar-refractivity contribution in [3.8, 4) is 11.5 Å². The second-order valence-corrected chi connectivity index (χ2v) is 13.6. The highest BCUT2D eigenvalue weighted by atomic mass is 16.6. The molecule has 3 N–H and O–H groups in total. The molecule has 0 amide bonds. The second-order valence-electron chi connectivity index (χ2n) is 13.6. The molecule has 11 rings (SSSR count). The van der Waals surface area contributed by atoms with Crippen LogP contribution in [0.2, 0.25) is 0 Å². The Bertz CT molecular complexity index is 1170. The number of hydrogen-bond acceptors (Lipinski definition) is 7. The maximum absolute atomic E-state index is 5.30. The van der Waals surface area contributed by atoms with Crippen LogP contribution in [0.3, 0.4) is 0 Å². The SMILES string of the molecule is C1CCN2CCCCC2C1.C1CN2CCC1NC2.c1ccc2c(c1)CCCN2.c1ccc2c(c1)CCN2.c1ccc2c(c1)OCCO2. The zero-order valence-corrected chi connectivity index (χ0v) is 28.4. The van der Waals surface area contributed by atoms with E-state index in [1.165, 1.54) is 119 Å². The monoisotopic (exact) mass is 639 g/mol. The molecular formula is C40H57N5O2. The molecule has 0 saturated carbocycles. The zero-order valence-electron chi connectivity index (χ0n) is 28.4. The molecule has 5 fully saturated rings. The summed E-state index contributed by atoms with van der Waals surface area (Å²) in [5.74, 6) is 1.71. The van der Waals surface area contributed by atoms with Gasteiger partial charge in [0.05, 0.1) is 0 Å². The van der Waals surface area contributed by atoms with E-state index in [9.17, 15) is 0 Å². The summed E-state index contributed by atoms with van der Waals surface area (Å²) in [4.78, 5) is 5.17. The van der Waals surface area contributed by atoms with E-state index < -0.39 is 0 Å². The fourth-order valence-electron chi connectivity index (χ4n) is 7.58. The topological polar surface area (TPSA) is 61.0 Å². The number of anilines is 2. The van der Waals surface area contributed by atoms with Crippen molar-refractivity contribution in [2.75, 3.05) is 69.8 Å². The predicted molar refractivity (Wildman–Crippen MR) is 195 cm³/mol. The normalized spacial score (nSPS) is 23.3. The summed E-state index contributed by atoms with van der Waals surface area (Å²) < 4.78 is 10.6. The minimum absolute atomic E-state index is 0.664. The number of rotatable bonds is 0. The van der Waals surface area contributed by atoms with Gasteiger partial charge in [-0.05, 0) is 106 Å². The first-order valence-electron chi connectivity index (χ1n) is 18.5. The Morgan fingerprint density at radius 3 is 1.64 bits per heavy atom. The summed E-state index contributed by atoms with van der Waals surface area (Å²) in [6.07, 6.45) is 15.3. The Morgan fingerprint density at radius 1 is 0.553 bits per heavy atom. The first-order valence-corrected chi connectivity index (χ1v) is 18.5. The summed E-state index contributed by atoms with van der Waals surface area (Å²) in [7, 11) is 0. The van der Waals surface area contributed by atoms with Crippen LogP contribution in [-0.4, -0.2) is 81.0 Å². The van der Waals surface area contributed by atoms with E-state index in [4.69, 9.17) is 9.47 Å². The van der Waals surface area contributed by atoms with Gasteiger partial charge in [-0.2, -0.15) is 0 Å². The van der Waals surface area contributed by atoms with Crippen molar-refractivity contribution in [3.05, 3.63) is 83.9 Å². The Hall–Kier alpha value is -3.26. The van der Waals surface area contributed by atoms with Crippen LogP contribution in [-0.2, 0) is 12.8 Å². The molecule has 0 atom stereocenters. The quantitative estimate of drug-likeness (QED) is 0.241. The first kappa shape index (κ1) is 33.6. The standard InChI is InChI=1S/C9H17N.C9H11N.C8H9N.C8H8O2.C6H12N2/c1-3-7-10-8-4-2-6-9(10)5-1;1-2-6-9-8(4-1)5-3-7-10-9;1-2-4-8-7(3-1)5-6-9-8;1-2-4-8-7(3-1)9-5-6-10-8;1-3-8-4-2-6(1)7-5-8/h9H,1-8H2;1-2,4,6,10H,3,5,7H2;1-4,9H,5-6H2;1-4H,5-6H2;6-7H,1-5H2. The number of para-hydroxylation sites is 4. The van der Waals surface area contributed by atoms with Gasteiger partial charge in [0.25, 0.3) is 0 Å². The van der Waals surface area contributed by atoms with E-state index in [0.717, 1.165) is 43.3 Å². The number of ether oxygens (including phenoxy) is 2. The minimum Gasteiger partial charge on any atom is -0.486 e. The maximum Gasteiger partial charge on any atom is 0.161 e. The van der Waals surface area contributed by atoms with E-state index in [1.54, 1.807) is 0 Å². The highest BCUT2D eigenvalue weighted by Crippen LogP contribution is 2.28. The summed E-state index contributed by atoms with van der Waals surface area (Å²) >= 11 is 0. The number of nitrogens with one attached hydrogen (secondary N) is 3. The van der Waals surface area contributed by atoms with Gasteiger partial charge < -0.3 is 30.3 Å². The van der Waals surface area contributed by atoms with E-state index in [0.29, 0.717) is 13.2 Å². The molecule has 0 spiro atoms. The number of aryl methyl sites for hydroxylation is 1. The van der Waals surface area contributed by atoms with Crippen molar-refractivity contribution in [2.45, 2.75) is 82.7 Å². The van der Waals surface area contributed by atoms with Crippen molar-refractivity contribution in [1.29, 1.82) is 0 Å².